The Morgan fingerprint density at radius 2 is 1.88 bits per heavy atom. The van der Waals surface area contributed by atoms with E-state index in [2.05, 4.69) is 5.32 Å². The Hall–Kier alpha value is -4.33. The van der Waals surface area contributed by atoms with Gasteiger partial charge in [0, 0.05) is 11.5 Å². The smallest absolute Gasteiger partial charge is 0.349 e. The molecule has 2 aromatic carbocycles. The number of ether oxygens (including phenoxy) is 2. The molecule has 2 aromatic heterocycles. The van der Waals surface area contributed by atoms with Crippen LogP contribution < -0.4 is 20.4 Å². The molecule has 2 heterocycles. The maximum absolute atomic E-state index is 12.3. The highest BCUT2D eigenvalue weighted by Crippen LogP contribution is 2.21. The molecule has 0 spiro atoms. The molecule has 0 unspecified atom stereocenters. The minimum atomic E-state index is -0.805. The largest absolute Gasteiger partial charge is 0.482 e. The Balaban J connectivity index is 1.42. The Kier molecular flexibility index (Phi) is 6.03. The predicted molar refractivity (Wildman–Crippen MR) is 115 cm³/mol. The summed E-state index contributed by atoms with van der Waals surface area (Å²) in [7, 11) is 0. The van der Waals surface area contributed by atoms with Gasteiger partial charge in [0.1, 0.15) is 28.4 Å². The van der Waals surface area contributed by atoms with Crippen molar-refractivity contribution in [3.05, 3.63) is 94.2 Å². The van der Waals surface area contributed by atoms with E-state index in [0.717, 1.165) is 5.56 Å². The molecular formula is C24H19NO7. The number of carbonyl (C=O) groups is 2. The van der Waals surface area contributed by atoms with Gasteiger partial charge < -0.3 is 23.6 Å². The third-order valence-corrected chi connectivity index (χ3v) is 4.53. The first-order valence-electron chi connectivity index (χ1n) is 9.76. The summed E-state index contributed by atoms with van der Waals surface area (Å²) in [5, 5.41) is 3.10. The Labute approximate surface area is 182 Å². The number of carbonyl (C=O) groups excluding carboxylic acids is 2. The molecule has 4 aromatic rings. The second-order valence-corrected chi connectivity index (χ2v) is 6.99. The van der Waals surface area contributed by atoms with Gasteiger partial charge in [-0.1, -0.05) is 12.1 Å². The van der Waals surface area contributed by atoms with Crippen molar-refractivity contribution in [3.8, 4) is 11.5 Å². The molecule has 8 nitrogen and oxygen atoms in total. The van der Waals surface area contributed by atoms with Crippen molar-refractivity contribution in [1.82, 2.24) is 5.32 Å². The third kappa shape index (κ3) is 5.04. The maximum Gasteiger partial charge on any atom is 0.349 e. The first kappa shape index (κ1) is 20.9. The number of fused-ring (bicyclic) bond motifs is 1. The summed E-state index contributed by atoms with van der Waals surface area (Å²) < 4.78 is 21.1. The first-order valence-corrected chi connectivity index (χ1v) is 9.76. The molecule has 0 saturated carbocycles. The SMILES string of the molecule is Cc1cccc(OCC(=O)Oc2ccc3cc(C(=O)NCc4ccco4)c(=O)oc3c2)c1. The lowest BCUT2D eigenvalue weighted by atomic mass is 10.1. The van der Waals surface area contributed by atoms with Gasteiger partial charge in [-0.15, -0.1) is 0 Å². The number of esters is 1. The number of benzene rings is 2. The first-order chi connectivity index (χ1) is 15.5. The van der Waals surface area contributed by atoms with E-state index in [1.54, 1.807) is 30.3 Å². The molecule has 0 saturated heterocycles. The van der Waals surface area contributed by atoms with Crippen molar-refractivity contribution in [2.75, 3.05) is 6.61 Å². The second kappa shape index (κ2) is 9.22. The number of furan rings is 1. The topological polar surface area (TPSA) is 108 Å². The predicted octanol–water partition coefficient (Wildman–Crippen LogP) is 3.61. The molecule has 0 radical (unpaired) electrons. The molecule has 0 aliphatic carbocycles. The van der Waals surface area contributed by atoms with Crippen LogP contribution in [0.2, 0.25) is 0 Å². The standard InChI is InChI=1S/C24H19NO7/c1-15-4-2-5-17(10-15)30-14-22(26)31-18-8-7-16-11-20(24(28)32-21(16)12-18)23(27)25-13-19-6-3-9-29-19/h2-12H,13-14H2,1H3,(H,25,27). The minimum absolute atomic E-state index is 0.139. The molecule has 1 amide bonds. The van der Waals surface area contributed by atoms with Crippen molar-refractivity contribution in [2.45, 2.75) is 13.5 Å². The van der Waals surface area contributed by atoms with E-state index in [4.69, 9.17) is 18.3 Å². The zero-order chi connectivity index (χ0) is 22.5. The van der Waals surface area contributed by atoms with Crippen LogP contribution in [-0.4, -0.2) is 18.5 Å². The van der Waals surface area contributed by atoms with Crippen LogP contribution in [0.3, 0.4) is 0 Å². The third-order valence-electron chi connectivity index (χ3n) is 4.53. The number of amides is 1. The van der Waals surface area contributed by atoms with Gasteiger partial charge >= 0.3 is 11.6 Å². The summed E-state index contributed by atoms with van der Waals surface area (Å²) in [5.74, 6) is 0.113. The molecule has 0 bridgehead atoms. The molecule has 0 atom stereocenters. The van der Waals surface area contributed by atoms with Crippen LogP contribution in [-0.2, 0) is 11.3 Å². The maximum atomic E-state index is 12.3. The van der Waals surface area contributed by atoms with E-state index in [-0.39, 0.29) is 30.0 Å². The monoisotopic (exact) mass is 433 g/mol. The summed E-state index contributed by atoms with van der Waals surface area (Å²) in [6.45, 7) is 1.78. The van der Waals surface area contributed by atoms with Crippen LogP contribution in [0.5, 0.6) is 11.5 Å². The van der Waals surface area contributed by atoms with Gasteiger partial charge in [-0.05, 0) is 55.0 Å². The van der Waals surface area contributed by atoms with Gasteiger partial charge in [0.2, 0.25) is 0 Å². The lowest BCUT2D eigenvalue weighted by Gasteiger charge is -2.08. The average Bonchev–Trinajstić information content (AvgIpc) is 3.29. The second-order valence-electron chi connectivity index (χ2n) is 6.99. The van der Waals surface area contributed by atoms with E-state index in [0.29, 0.717) is 16.9 Å². The molecule has 32 heavy (non-hydrogen) atoms. The molecule has 0 aliphatic heterocycles. The Bertz CT molecular complexity index is 1320. The molecule has 4 rings (SSSR count). The van der Waals surface area contributed by atoms with Gasteiger partial charge in [0.05, 0.1) is 12.8 Å². The van der Waals surface area contributed by atoms with Gasteiger partial charge in [-0.3, -0.25) is 4.79 Å². The van der Waals surface area contributed by atoms with Crippen molar-refractivity contribution in [1.29, 1.82) is 0 Å². The summed E-state index contributed by atoms with van der Waals surface area (Å²) in [6, 6.07) is 16.7. The number of nitrogens with one attached hydrogen (secondary N) is 1. The minimum Gasteiger partial charge on any atom is -0.482 e. The van der Waals surface area contributed by atoms with Gasteiger partial charge in [-0.25, -0.2) is 9.59 Å². The number of hydrogen-bond donors (Lipinski definition) is 1. The van der Waals surface area contributed by atoms with Crippen LogP contribution in [0.15, 0.2) is 80.6 Å². The molecule has 0 aliphatic rings. The van der Waals surface area contributed by atoms with Gasteiger partial charge in [0.15, 0.2) is 6.61 Å². The fourth-order valence-electron chi connectivity index (χ4n) is 3.00. The highest BCUT2D eigenvalue weighted by Gasteiger charge is 2.15. The van der Waals surface area contributed by atoms with E-state index in [9.17, 15) is 14.4 Å². The van der Waals surface area contributed by atoms with Crippen molar-refractivity contribution in [2.24, 2.45) is 0 Å². The van der Waals surface area contributed by atoms with Crippen molar-refractivity contribution in [3.63, 3.8) is 0 Å². The molecular weight excluding hydrogens is 414 g/mol. The van der Waals surface area contributed by atoms with Crippen molar-refractivity contribution >= 4 is 22.8 Å². The van der Waals surface area contributed by atoms with Crippen LogP contribution >= 0.6 is 0 Å². The Morgan fingerprint density at radius 1 is 1.00 bits per heavy atom. The van der Waals surface area contributed by atoms with Crippen LogP contribution in [0.25, 0.3) is 11.0 Å². The summed E-state index contributed by atoms with van der Waals surface area (Å²) in [4.78, 5) is 36.7. The van der Waals surface area contributed by atoms with Crippen LogP contribution in [0.4, 0.5) is 0 Å². The molecule has 162 valence electrons. The summed E-state index contributed by atoms with van der Waals surface area (Å²) >= 11 is 0. The van der Waals surface area contributed by atoms with E-state index < -0.39 is 17.5 Å². The lowest BCUT2D eigenvalue weighted by Crippen LogP contribution is -2.27. The van der Waals surface area contributed by atoms with Crippen LogP contribution in [0, 0.1) is 6.92 Å². The van der Waals surface area contributed by atoms with Crippen LogP contribution in [0.1, 0.15) is 21.7 Å². The average molecular weight is 433 g/mol. The van der Waals surface area contributed by atoms with E-state index in [1.165, 1.54) is 24.5 Å². The van der Waals surface area contributed by atoms with Crippen molar-refractivity contribution < 1.29 is 27.9 Å². The quantitative estimate of drug-likeness (QED) is 0.269. The van der Waals surface area contributed by atoms with Gasteiger partial charge in [-0.2, -0.15) is 0 Å². The highest BCUT2D eigenvalue weighted by molar-refractivity contribution is 5.96. The fourth-order valence-corrected chi connectivity index (χ4v) is 3.00. The normalized spacial score (nSPS) is 10.7. The summed E-state index contributed by atoms with van der Waals surface area (Å²) in [5.41, 5.74) is 0.248. The zero-order valence-electron chi connectivity index (χ0n) is 17.1. The lowest BCUT2D eigenvalue weighted by molar-refractivity contribution is -0.136. The Morgan fingerprint density at radius 3 is 2.66 bits per heavy atom. The molecule has 8 heteroatoms. The van der Waals surface area contributed by atoms with E-state index >= 15 is 0 Å². The number of hydrogen-bond acceptors (Lipinski definition) is 7. The summed E-state index contributed by atoms with van der Waals surface area (Å²) in [6.07, 6.45) is 1.49. The fraction of sp³-hybridized carbons (Fsp3) is 0.125. The highest BCUT2D eigenvalue weighted by atomic mass is 16.6. The number of rotatable bonds is 7. The molecule has 1 N–H and O–H groups in total. The van der Waals surface area contributed by atoms with Gasteiger partial charge in [0.25, 0.3) is 5.91 Å². The van der Waals surface area contributed by atoms with E-state index in [1.807, 2.05) is 19.1 Å². The number of aryl methyl sites for hydroxylation is 1. The zero-order valence-corrected chi connectivity index (χ0v) is 17.1. The molecule has 0 fully saturated rings.